The van der Waals surface area contributed by atoms with Crippen LogP contribution in [0.4, 0.5) is 0 Å². The number of nitrogens with zero attached hydrogens (tertiary/aromatic N) is 4. The second-order valence-corrected chi connectivity index (χ2v) is 9.61. The molecule has 0 saturated heterocycles. The first-order valence-corrected chi connectivity index (χ1v) is 11.5. The van der Waals surface area contributed by atoms with Gasteiger partial charge in [0, 0.05) is 29.4 Å². The molecule has 3 aliphatic rings. The second-order valence-electron chi connectivity index (χ2n) is 9.61. The molecule has 5 nitrogen and oxygen atoms in total. The van der Waals surface area contributed by atoms with Crippen LogP contribution in [0.3, 0.4) is 0 Å². The summed E-state index contributed by atoms with van der Waals surface area (Å²) in [5, 5.41) is 23.6. The Bertz CT molecular complexity index is 1020. The molecule has 5 heteroatoms. The van der Waals surface area contributed by atoms with Crippen LogP contribution in [0.25, 0.3) is 0 Å². The standard InChI is InChI=1S/C25H32N4O/c1-4-29-15-18(16(2)28-29)14-26-27-24-10-9-23-22-7-5-17-13-19(30)6-8-20(17)21(22)11-12-25(23,24)3/h6,8,13-15,21-23,30H,4-5,7,9-12H2,1-3H3/b26-14-,27-24-/t21-,22+,23-,25+/m1/s1. The topological polar surface area (TPSA) is 62.8 Å². The second kappa shape index (κ2) is 7.36. The fraction of sp³-hybridized carbons (Fsp3) is 0.560. The van der Waals surface area contributed by atoms with E-state index in [1.54, 1.807) is 0 Å². The van der Waals surface area contributed by atoms with E-state index in [0.717, 1.165) is 36.6 Å². The summed E-state index contributed by atoms with van der Waals surface area (Å²) in [4.78, 5) is 0. The molecule has 0 aliphatic heterocycles. The predicted molar refractivity (Wildman–Crippen MR) is 120 cm³/mol. The van der Waals surface area contributed by atoms with Crippen LogP contribution in [-0.2, 0) is 13.0 Å². The molecular formula is C25H32N4O. The molecule has 0 spiro atoms. The number of hydrogen-bond acceptors (Lipinski definition) is 4. The van der Waals surface area contributed by atoms with E-state index in [4.69, 9.17) is 5.10 Å². The summed E-state index contributed by atoms with van der Waals surface area (Å²) in [6, 6.07) is 6.03. The molecule has 2 aromatic rings. The average Bonchev–Trinajstić information content (AvgIpc) is 3.27. The van der Waals surface area contributed by atoms with Gasteiger partial charge in [0.25, 0.3) is 0 Å². The number of aromatic nitrogens is 2. The van der Waals surface area contributed by atoms with Crippen LogP contribution in [-0.4, -0.2) is 26.8 Å². The van der Waals surface area contributed by atoms with Crippen LogP contribution in [0.1, 0.15) is 74.3 Å². The van der Waals surface area contributed by atoms with Crippen molar-refractivity contribution >= 4 is 11.9 Å². The van der Waals surface area contributed by atoms with Gasteiger partial charge in [0.2, 0.25) is 0 Å². The number of phenolic OH excluding ortho intramolecular Hbond substituents is 1. The molecule has 158 valence electrons. The lowest BCUT2D eigenvalue weighted by Crippen LogP contribution is -2.42. The average molecular weight is 405 g/mol. The van der Waals surface area contributed by atoms with Crippen molar-refractivity contribution in [3.05, 3.63) is 46.8 Å². The van der Waals surface area contributed by atoms with E-state index < -0.39 is 0 Å². The van der Waals surface area contributed by atoms with Crippen LogP contribution < -0.4 is 0 Å². The zero-order valence-corrected chi connectivity index (χ0v) is 18.3. The van der Waals surface area contributed by atoms with E-state index in [-0.39, 0.29) is 5.41 Å². The third-order valence-corrected chi connectivity index (χ3v) is 8.13. The summed E-state index contributed by atoms with van der Waals surface area (Å²) >= 11 is 0. The van der Waals surface area contributed by atoms with Gasteiger partial charge in [-0.1, -0.05) is 13.0 Å². The Kier molecular flexibility index (Phi) is 4.79. The Morgan fingerprint density at radius 2 is 2.13 bits per heavy atom. The molecule has 0 unspecified atom stereocenters. The minimum Gasteiger partial charge on any atom is -0.508 e. The zero-order valence-electron chi connectivity index (χ0n) is 18.3. The van der Waals surface area contributed by atoms with E-state index in [2.05, 4.69) is 30.1 Å². The first-order chi connectivity index (χ1) is 14.5. The van der Waals surface area contributed by atoms with E-state index >= 15 is 0 Å². The van der Waals surface area contributed by atoms with Gasteiger partial charge >= 0.3 is 0 Å². The number of rotatable bonds is 3. The molecule has 0 radical (unpaired) electrons. The number of aryl methyl sites for hydroxylation is 3. The van der Waals surface area contributed by atoms with Gasteiger partial charge in [-0.05, 0) is 93.4 Å². The molecule has 4 atom stereocenters. The maximum Gasteiger partial charge on any atom is 0.115 e. The molecule has 30 heavy (non-hydrogen) atoms. The fourth-order valence-electron chi connectivity index (χ4n) is 6.50. The number of aromatic hydroxyl groups is 1. The van der Waals surface area contributed by atoms with Gasteiger partial charge in [-0.2, -0.15) is 15.3 Å². The van der Waals surface area contributed by atoms with Gasteiger partial charge in [-0.25, -0.2) is 0 Å². The Hall–Kier alpha value is -2.43. The molecule has 3 aliphatic carbocycles. The van der Waals surface area contributed by atoms with Gasteiger partial charge < -0.3 is 5.11 Å². The molecular weight excluding hydrogens is 372 g/mol. The van der Waals surface area contributed by atoms with Gasteiger partial charge in [0.15, 0.2) is 0 Å². The Balaban J connectivity index is 1.37. The molecule has 0 bridgehead atoms. The highest BCUT2D eigenvalue weighted by molar-refractivity contribution is 5.93. The minimum atomic E-state index is 0.176. The smallest absolute Gasteiger partial charge is 0.115 e. The van der Waals surface area contributed by atoms with Crippen molar-refractivity contribution < 1.29 is 5.11 Å². The SMILES string of the molecule is CCn1cc(/C=N\N=C2\CC[C@@H]3[C@H]4CCc5cc(O)ccc5[C@H]4CC[C@]23C)c(C)n1. The lowest BCUT2D eigenvalue weighted by atomic mass is 9.55. The molecule has 1 aromatic heterocycles. The maximum absolute atomic E-state index is 9.87. The molecule has 5 rings (SSSR count). The van der Waals surface area contributed by atoms with Crippen LogP contribution in [0.5, 0.6) is 5.75 Å². The molecule has 1 heterocycles. The molecule has 1 N–H and O–H groups in total. The van der Waals surface area contributed by atoms with Crippen LogP contribution in [0, 0.1) is 24.2 Å². The molecule has 2 saturated carbocycles. The summed E-state index contributed by atoms with van der Waals surface area (Å²) in [7, 11) is 0. The van der Waals surface area contributed by atoms with Crippen molar-refractivity contribution in [3.8, 4) is 5.75 Å². The summed E-state index contributed by atoms with van der Waals surface area (Å²) in [6.45, 7) is 7.42. The minimum absolute atomic E-state index is 0.176. The maximum atomic E-state index is 9.87. The fourth-order valence-corrected chi connectivity index (χ4v) is 6.50. The summed E-state index contributed by atoms with van der Waals surface area (Å²) < 4.78 is 1.94. The van der Waals surface area contributed by atoms with Gasteiger partial charge in [-0.15, -0.1) is 0 Å². The van der Waals surface area contributed by atoms with Gasteiger partial charge in [0.05, 0.1) is 11.9 Å². The summed E-state index contributed by atoms with van der Waals surface area (Å²) in [5.74, 6) is 2.46. The van der Waals surface area contributed by atoms with Crippen molar-refractivity contribution in [2.24, 2.45) is 27.5 Å². The molecule has 1 aromatic carbocycles. The van der Waals surface area contributed by atoms with Crippen molar-refractivity contribution in [2.75, 3.05) is 0 Å². The van der Waals surface area contributed by atoms with Crippen LogP contribution >= 0.6 is 0 Å². The first kappa shape index (κ1) is 19.5. The first-order valence-electron chi connectivity index (χ1n) is 11.5. The zero-order chi connectivity index (χ0) is 20.9. The Morgan fingerprint density at radius 1 is 1.27 bits per heavy atom. The number of hydrogen-bond donors (Lipinski definition) is 1. The predicted octanol–water partition coefficient (Wildman–Crippen LogP) is 5.25. The molecule has 0 amide bonds. The summed E-state index contributed by atoms with van der Waals surface area (Å²) in [5.41, 5.74) is 6.37. The third-order valence-electron chi connectivity index (χ3n) is 8.13. The number of phenols is 1. The quantitative estimate of drug-likeness (QED) is 0.561. The monoisotopic (exact) mass is 404 g/mol. The number of benzene rings is 1. The van der Waals surface area contributed by atoms with Crippen LogP contribution in [0.15, 0.2) is 34.6 Å². The van der Waals surface area contributed by atoms with Crippen molar-refractivity contribution in [1.82, 2.24) is 9.78 Å². The largest absolute Gasteiger partial charge is 0.508 e. The molecule has 2 fully saturated rings. The normalized spacial score (nSPS) is 31.7. The highest BCUT2D eigenvalue weighted by atomic mass is 16.3. The number of fused-ring (bicyclic) bond motifs is 5. The highest BCUT2D eigenvalue weighted by Gasteiger charge is 2.53. The van der Waals surface area contributed by atoms with E-state index in [1.807, 2.05) is 36.1 Å². The van der Waals surface area contributed by atoms with Gasteiger partial charge in [0.1, 0.15) is 5.75 Å². The van der Waals surface area contributed by atoms with Crippen molar-refractivity contribution in [1.29, 1.82) is 0 Å². The summed E-state index contributed by atoms with van der Waals surface area (Å²) in [6.07, 6.45) is 10.9. The van der Waals surface area contributed by atoms with Crippen LogP contribution in [0.2, 0.25) is 0 Å². The third kappa shape index (κ3) is 3.10. The lowest BCUT2D eigenvalue weighted by molar-refractivity contribution is 0.0955. The van der Waals surface area contributed by atoms with Crippen molar-refractivity contribution in [3.63, 3.8) is 0 Å². The van der Waals surface area contributed by atoms with E-state index in [9.17, 15) is 5.11 Å². The van der Waals surface area contributed by atoms with Gasteiger partial charge in [-0.3, -0.25) is 4.68 Å². The lowest BCUT2D eigenvalue weighted by Gasteiger charge is -2.49. The highest BCUT2D eigenvalue weighted by Crippen LogP contribution is 2.60. The van der Waals surface area contributed by atoms with E-state index in [1.165, 1.54) is 42.5 Å². The van der Waals surface area contributed by atoms with Crippen molar-refractivity contribution in [2.45, 2.75) is 71.8 Å². The Morgan fingerprint density at radius 3 is 2.93 bits per heavy atom. The Labute approximate surface area is 178 Å². The van der Waals surface area contributed by atoms with E-state index in [0.29, 0.717) is 17.6 Å².